The minimum atomic E-state index is -5.76. The van der Waals surface area contributed by atoms with Gasteiger partial charge in [0.15, 0.2) is 6.10 Å². The van der Waals surface area contributed by atoms with E-state index in [-0.39, 0.29) is 6.42 Å². The van der Waals surface area contributed by atoms with Crippen molar-refractivity contribution in [3.63, 3.8) is 0 Å². The third-order valence-corrected chi connectivity index (χ3v) is 2.41. The molecule has 15 heavy (non-hydrogen) atoms. The van der Waals surface area contributed by atoms with Gasteiger partial charge < -0.3 is 4.74 Å². The first-order valence-electron chi connectivity index (χ1n) is 3.73. The van der Waals surface area contributed by atoms with E-state index in [9.17, 15) is 26.4 Å². The Labute approximate surface area is 84.3 Å². The normalized spacial score (nSPS) is 14.7. The molecule has 0 fully saturated rings. The smallest absolute Gasteiger partial charge is 0.467 e. The second-order valence-corrected chi connectivity index (χ2v) is 3.98. The first-order chi connectivity index (χ1) is 6.65. The average Bonchev–Trinajstić information content (AvgIpc) is 2.11. The van der Waals surface area contributed by atoms with Gasteiger partial charge in [0.2, 0.25) is 0 Å². The maximum Gasteiger partial charge on any atom is 0.523 e. The van der Waals surface area contributed by atoms with Gasteiger partial charge in [0.25, 0.3) is 0 Å². The Bertz CT molecular complexity index is 320. The molecule has 0 aliphatic rings. The van der Waals surface area contributed by atoms with Crippen LogP contribution in [0.25, 0.3) is 0 Å². The van der Waals surface area contributed by atoms with Crippen LogP contribution in [0.5, 0.6) is 0 Å². The maximum atomic E-state index is 11.8. The van der Waals surface area contributed by atoms with Crippen LogP contribution in [0.1, 0.15) is 13.3 Å². The standard InChI is InChI=1S/C6H9F3O5S/c1-3-4(5(10)13-2)14-15(11,12)6(7,8)9/h4H,3H2,1-2H3/t4-/m1/s1. The Balaban J connectivity index is 4.79. The van der Waals surface area contributed by atoms with Crippen molar-refractivity contribution in [1.82, 2.24) is 0 Å². The summed E-state index contributed by atoms with van der Waals surface area (Å²) in [7, 11) is -4.85. The molecule has 0 saturated carbocycles. The van der Waals surface area contributed by atoms with Crippen molar-refractivity contribution in [3.05, 3.63) is 0 Å². The molecule has 0 N–H and O–H groups in total. The van der Waals surface area contributed by atoms with Gasteiger partial charge in [-0.2, -0.15) is 21.6 Å². The van der Waals surface area contributed by atoms with E-state index in [1.807, 2.05) is 0 Å². The highest BCUT2D eigenvalue weighted by Gasteiger charge is 2.49. The number of hydrogen-bond donors (Lipinski definition) is 0. The number of ether oxygens (including phenoxy) is 1. The van der Waals surface area contributed by atoms with E-state index in [4.69, 9.17) is 0 Å². The predicted octanol–water partition coefficient (Wildman–Crippen LogP) is 0.804. The van der Waals surface area contributed by atoms with Crippen LogP contribution in [0.3, 0.4) is 0 Å². The topological polar surface area (TPSA) is 69.7 Å². The Morgan fingerprint density at radius 3 is 2.13 bits per heavy atom. The van der Waals surface area contributed by atoms with Gasteiger partial charge in [-0.05, 0) is 6.42 Å². The van der Waals surface area contributed by atoms with Crippen LogP contribution in [0.15, 0.2) is 0 Å². The van der Waals surface area contributed by atoms with Crippen LogP contribution in [-0.2, 0) is 23.8 Å². The maximum absolute atomic E-state index is 11.8. The predicted molar refractivity (Wildman–Crippen MR) is 42.2 cm³/mol. The quantitative estimate of drug-likeness (QED) is 0.419. The van der Waals surface area contributed by atoms with E-state index in [0.717, 1.165) is 7.11 Å². The highest BCUT2D eigenvalue weighted by Crippen LogP contribution is 2.26. The first-order valence-corrected chi connectivity index (χ1v) is 5.14. The van der Waals surface area contributed by atoms with Gasteiger partial charge in [0.05, 0.1) is 7.11 Å². The van der Waals surface area contributed by atoms with Crippen molar-refractivity contribution in [3.8, 4) is 0 Å². The fourth-order valence-electron chi connectivity index (χ4n) is 0.613. The summed E-state index contributed by atoms with van der Waals surface area (Å²) in [6.07, 6.45) is -2.02. The van der Waals surface area contributed by atoms with Crippen LogP contribution in [-0.4, -0.2) is 33.1 Å². The van der Waals surface area contributed by atoms with Gasteiger partial charge in [-0.1, -0.05) is 6.92 Å². The molecule has 0 amide bonds. The SMILES string of the molecule is CC[C@@H](OS(=O)(=O)C(F)(F)F)C(=O)OC. The Hall–Kier alpha value is -0.830. The van der Waals surface area contributed by atoms with Crippen molar-refractivity contribution in [2.24, 2.45) is 0 Å². The van der Waals surface area contributed by atoms with Crippen molar-refractivity contribution >= 4 is 16.1 Å². The number of esters is 1. The van der Waals surface area contributed by atoms with Gasteiger partial charge in [0, 0.05) is 0 Å². The Morgan fingerprint density at radius 2 is 1.87 bits per heavy atom. The molecule has 0 radical (unpaired) electrons. The summed E-state index contributed by atoms with van der Waals surface area (Å²) >= 11 is 0. The van der Waals surface area contributed by atoms with Gasteiger partial charge in [-0.3, -0.25) is 0 Å². The molecule has 0 saturated heterocycles. The van der Waals surface area contributed by atoms with E-state index in [1.165, 1.54) is 6.92 Å². The second kappa shape index (κ2) is 4.79. The van der Waals surface area contributed by atoms with Crippen LogP contribution in [0.2, 0.25) is 0 Å². The summed E-state index contributed by atoms with van der Waals surface area (Å²) in [6, 6.07) is 0. The van der Waals surface area contributed by atoms with Crippen LogP contribution in [0, 0.1) is 0 Å². The van der Waals surface area contributed by atoms with E-state index in [0.29, 0.717) is 0 Å². The minimum absolute atomic E-state index is 0.248. The third-order valence-electron chi connectivity index (χ3n) is 1.36. The highest BCUT2D eigenvalue weighted by molar-refractivity contribution is 7.87. The lowest BCUT2D eigenvalue weighted by molar-refractivity contribution is -0.149. The molecule has 0 aliphatic heterocycles. The van der Waals surface area contributed by atoms with E-state index in [1.54, 1.807) is 0 Å². The number of rotatable bonds is 4. The zero-order valence-corrected chi connectivity index (χ0v) is 8.68. The lowest BCUT2D eigenvalue weighted by Crippen LogP contribution is -2.34. The highest BCUT2D eigenvalue weighted by atomic mass is 32.2. The lowest BCUT2D eigenvalue weighted by atomic mass is 10.3. The summed E-state index contributed by atoms with van der Waals surface area (Å²) in [5.74, 6) is -1.18. The van der Waals surface area contributed by atoms with Gasteiger partial charge >= 0.3 is 21.6 Å². The fourth-order valence-corrected chi connectivity index (χ4v) is 1.24. The number of hydrogen-bond acceptors (Lipinski definition) is 5. The van der Waals surface area contributed by atoms with Gasteiger partial charge in [0.1, 0.15) is 0 Å². The zero-order chi connectivity index (χ0) is 12.3. The van der Waals surface area contributed by atoms with Crippen molar-refractivity contribution in [2.75, 3.05) is 7.11 Å². The summed E-state index contributed by atoms with van der Waals surface area (Å²) in [5.41, 5.74) is -5.55. The summed E-state index contributed by atoms with van der Waals surface area (Å²) in [6.45, 7) is 1.29. The largest absolute Gasteiger partial charge is 0.523 e. The Morgan fingerprint density at radius 1 is 1.40 bits per heavy atom. The van der Waals surface area contributed by atoms with Crippen molar-refractivity contribution in [2.45, 2.75) is 25.0 Å². The Kier molecular flexibility index (Phi) is 4.53. The molecule has 0 bridgehead atoms. The number of alkyl halides is 3. The zero-order valence-electron chi connectivity index (χ0n) is 7.87. The molecule has 0 aromatic heterocycles. The van der Waals surface area contributed by atoms with Gasteiger partial charge in [-0.15, -0.1) is 0 Å². The molecule has 0 heterocycles. The van der Waals surface area contributed by atoms with Crippen LogP contribution in [0.4, 0.5) is 13.2 Å². The van der Waals surface area contributed by atoms with E-state index in [2.05, 4.69) is 8.92 Å². The summed E-state index contributed by atoms with van der Waals surface area (Å²) in [4.78, 5) is 10.8. The number of carbonyl (C=O) groups is 1. The molecule has 0 rings (SSSR count). The molecule has 90 valence electrons. The molecule has 0 aromatic carbocycles. The number of carbonyl (C=O) groups excluding carboxylic acids is 1. The van der Waals surface area contributed by atoms with Crippen molar-refractivity contribution in [1.29, 1.82) is 0 Å². The molecule has 0 spiro atoms. The number of methoxy groups -OCH3 is 1. The third kappa shape index (κ3) is 3.67. The molecular formula is C6H9F3O5S. The monoisotopic (exact) mass is 250 g/mol. The fraction of sp³-hybridized carbons (Fsp3) is 0.833. The summed E-state index contributed by atoms with van der Waals surface area (Å²) in [5, 5.41) is 0. The first kappa shape index (κ1) is 14.2. The summed E-state index contributed by atoms with van der Waals surface area (Å²) < 4.78 is 64.2. The lowest BCUT2D eigenvalue weighted by Gasteiger charge is -2.14. The molecular weight excluding hydrogens is 241 g/mol. The minimum Gasteiger partial charge on any atom is -0.467 e. The van der Waals surface area contributed by atoms with E-state index >= 15 is 0 Å². The molecule has 0 aliphatic carbocycles. The van der Waals surface area contributed by atoms with Crippen LogP contribution < -0.4 is 0 Å². The molecule has 1 atom stereocenters. The molecule has 0 unspecified atom stereocenters. The molecule has 9 heteroatoms. The molecule has 0 aromatic rings. The van der Waals surface area contributed by atoms with Crippen LogP contribution >= 0.6 is 0 Å². The average molecular weight is 250 g/mol. The van der Waals surface area contributed by atoms with Crippen molar-refractivity contribution < 1.29 is 35.3 Å². The second-order valence-electron chi connectivity index (χ2n) is 2.42. The van der Waals surface area contributed by atoms with Gasteiger partial charge in [-0.25, -0.2) is 8.98 Å². The van der Waals surface area contributed by atoms with E-state index < -0.39 is 27.7 Å². The number of halogens is 3. The molecule has 5 nitrogen and oxygen atoms in total.